The number of hydrogen-bond donors (Lipinski definition) is 0. The van der Waals surface area contributed by atoms with Gasteiger partial charge in [0.05, 0.1) is 4.92 Å². The van der Waals surface area contributed by atoms with E-state index in [2.05, 4.69) is 10.1 Å². The summed E-state index contributed by atoms with van der Waals surface area (Å²) in [6.45, 7) is 4.71. The molecule has 0 atom stereocenters. The maximum Gasteiger partial charge on any atom is 0.270 e. The molecular formula is C21H17N5O4S. The van der Waals surface area contributed by atoms with Crippen molar-refractivity contribution in [1.82, 2.24) is 9.55 Å². The number of amides is 1. The molecule has 9 nitrogen and oxygen atoms in total. The van der Waals surface area contributed by atoms with Crippen molar-refractivity contribution in [2.24, 2.45) is 5.10 Å². The molecule has 0 radical (unpaired) electrons. The predicted octanol–water partition coefficient (Wildman–Crippen LogP) is 4.25. The highest BCUT2D eigenvalue weighted by Crippen LogP contribution is 2.41. The first-order valence-corrected chi connectivity index (χ1v) is 10.1. The Hall–Kier alpha value is -3.79. The monoisotopic (exact) mass is 435 g/mol. The van der Waals surface area contributed by atoms with E-state index in [9.17, 15) is 19.7 Å². The minimum atomic E-state index is -0.499. The molecule has 0 N–H and O–H groups in total. The summed E-state index contributed by atoms with van der Waals surface area (Å²) in [6.07, 6.45) is 0. The van der Waals surface area contributed by atoms with E-state index in [0.717, 1.165) is 27.9 Å². The fraction of sp³-hybridized carbons (Fsp3) is 0.143. The summed E-state index contributed by atoms with van der Waals surface area (Å²) in [5, 5.41) is 17.4. The first-order valence-electron chi connectivity index (χ1n) is 9.29. The van der Waals surface area contributed by atoms with E-state index in [0.29, 0.717) is 21.5 Å². The topological polar surface area (TPSA) is 111 Å². The van der Waals surface area contributed by atoms with Crippen LogP contribution in [-0.2, 0) is 4.79 Å². The van der Waals surface area contributed by atoms with Gasteiger partial charge in [0.15, 0.2) is 5.82 Å². The van der Waals surface area contributed by atoms with Crippen LogP contribution in [0.3, 0.4) is 0 Å². The number of thioether (sulfide) groups is 1. The molecule has 4 rings (SSSR count). The molecule has 31 heavy (non-hydrogen) atoms. The molecule has 0 bridgehead atoms. The molecule has 1 aromatic heterocycles. The van der Waals surface area contributed by atoms with Crippen molar-refractivity contribution in [1.29, 1.82) is 0 Å². The van der Waals surface area contributed by atoms with E-state index in [1.165, 1.54) is 30.5 Å². The second kappa shape index (κ2) is 7.80. The number of nitrogens with zero attached hydrogens (tertiary/aromatic N) is 5. The summed E-state index contributed by atoms with van der Waals surface area (Å²) in [4.78, 5) is 40.2. The number of nitro groups is 1. The van der Waals surface area contributed by atoms with Gasteiger partial charge in [0.2, 0.25) is 11.8 Å². The number of carbonyl (C=O) groups excluding carboxylic acids is 2. The van der Waals surface area contributed by atoms with Crippen LogP contribution in [0.1, 0.15) is 29.8 Å². The Bertz CT molecular complexity index is 1260. The van der Waals surface area contributed by atoms with Gasteiger partial charge in [-0.3, -0.25) is 24.3 Å². The zero-order valence-corrected chi connectivity index (χ0v) is 17.7. The molecule has 2 aromatic carbocycles. The summed E-state index contributed by atoms with van der Waals surface area (Å²) in [5.74, 6) is -0.0297. The molecule has 0 saturated heterocycles. The third kappa shape index (κ3) is 3.73. The predicted molar refractivity (Wildman–Crippen MR) is 117 cm³/mol. The van der Waals surface area contributed by atoms with Gasteiger partial charge in [0, 0.05) is 37.1 Å². The number of anilines is 1. The molecule has 3 aromatic rings. The molecule has 2 heterocycles. The van der Waals surface area contributed by atoms with Crippen molar-refractivity contribution in [2.75, 3.05) is 5.01 Å². The number of aryl methyl sites for hydroxylation is 1. The smallest absolute Gasteiger partial charge is 0.270 e. The van der Waals surface area contributed by atoms with Crippen LogP contribution in [0.15, 0.2) is 58.7 Å². The van der Waals surface area contributed by atoms with Crippen LogP contribution in [0.25, 0.3) is 11.4 Å². The Kier molecular flexibility index (Phi) is 5.15. The Morgan fingerprint density at radius 3 is 2.35 bits per heavy atom. The Balaban J connectivity index is 1.88. The van der Waals surface area contributed by atoms with Gasteiger partial charge in [-0.1, -0.05) is 42.0 Å². The van der Waals surface area contributed by atoms with Gasteiger partial charge in [-0.05, 0) is 18.7 Å². The zero-order chi connectivity index (χ0) is 22.3. The molecule has 0 aliphatic carbocycles. The minimum Gasteiger partial charge on any atom is -0.274 e. The summed E-state index contributed by atoms with van der Waals surface area (Å²) in [6, 6.07) is 13.5. The molecule has 0 fully saturated rings. The van der Waals surface area contributed by atoms with Gasteiger partial charge >= 0.3 is 0 Å². The lowest BCUT2D eigenvalue weighted by Crippen LogP contribution is -2.28. The van der Waals surface area contributed by atoms with Crippen molar-refractivity contribution >= 4 is 40.1 Å². The highest BCUT2D eigenvalue weighted by molar-refractivity contribution is 8.14. The number of rotatable bonds is 3. The summed E-state index contributed by atoms with van der Waals surface area (Å²) in [7, 11) is 0. The summed E-state index contributed by atoms with van der Waals surface area (Å²) >= 11 is 1.14. The fourth-order valence-corrected chi connectivity index (χ4v) is 4.23. The van der Waals surface area contributed by atoms with E-state index in [-0.39, 0.29) is 17.4 Å². The SMILES string of the molecule is CC(=O)N1N=C(c2cccc([N+](=O)[O-])c2)Sc2c1nc(-c1ccc(C)cc1)n2C(C)=O. The number of benzene rings is 2. The molecular weight excluding hydrogens is 418 g/mol. The lowest BCUT2D eigenvalue weighted by molar-refractivity contribution is -0.384. The van der Waals surface area contributed by atoms with Gasteiger partial charge < -0.3 is 0 Å². The van der Waals surface area contributed by atoms with Crippen LogP contribution < -0.4 is 5.01 Å². The number of fused-ring (bicyclic) bond motifs is 1. The van der Waals surface area contributed by atoms with Crippen LogP contribution in [0.2, 0.25) is 0 Å². The first-order chi connectivity index (χ1) is 14.8. The van der Waals surface area contributed by atoms with E-state index in [1.54, 1.807) is 12.1 Å². The van der Waals surface area contributed by atoms with Gasteiger partial charge in [-0.15, -0.1) is 0 Å². The third-order valence-corrected chi connectivity index (χ3v) is 5.70. The molecule has 0 unspecified atom stereocenters. The van der Waals surface area contributed by atoms with E-state index in [1.807, 2.05) is 31.2 Å². The number of non-ortho nitro benzene ring substituents is 1. The molecule has 1 amide bonds. The number of hydrogen-bond acceptors (Lipinski definition) is 7. The summed E-state index contributed by atoms with van der Waals surface area (Å²) < 4.78 is 1.44. The Labute approximate surface area is 181 Å². The second-order valence-electron chi connectivity index (χ2n) is 6.93. The number of carbonyl (C=O) groups is 2. The number of aromatic nitrogens is 2. The average Bonchev–Trinajstić information content (AvgIpc) is 3.13. The van der Waals surface area contributed by atoms with Crippen molar-refractivity contribution in [3.8, 4) is 11.4 Å². The second-order valence-corrected chi connectivity index (χ2v) is 7.91. The number of nitro benzene ring substituents is 1. The van der Waals surface area contributed by atoms with Crippen molar-refractivity contribution in [2.45, 2.75) is 25.8 Å². The molecule has 1 aliphatic heterocycles. The van der Waals surface area contributed by atoms with Gasteiger partial charge in [-0.2, -0.15) is 10.1 Å². The maximum absolute atomic E-state index is 12.6. The lowest BCUT2D eigenvalue weighted by atomic mass is 10.1. The number of hydrazone groups is 1. The fourth-order valence-electron chi connectivity index (χ4n) is 3.15. The molecule has 1 aliphatic rings. The molecule has 0 saturated carbocycles. The number of imidazole rings is 1. The first kappa shape index (κ1) is 20.5. The zero-order valence-electron chi connectivity index (χ0n) is 16.9. The maximum atomic E-state index is 12.6. The van der Waals surface area contributed by atoms with Crippen molar-refractivity contribution < 1.29 is 14.5 Å². The van der Waals surface area contributed by atoms with Crippen LogP contribution in [0, 0.1) is 17.0 Å². The summed E-state index contributed by atoms with van der Waals surface area (Å²) in [5.41, 5.74) is 2.15. The van der Waals surface area contributed by atoms with E-state index >= 15 is 0 Å². The Morgan fingerprint density at radius 1 is 1.03 bits per heavy atom. The van der Waals surface area contributed by atoms with E-state index in [4.69, 9.17) is 0 Å². The third-order valence-electron chi connectivity index (χ3n) is 4.63. The van der Waals surface area contributed by atoms with Crippen LogP contribution in [-0.4, -0.2) is 31.3 Å². The standard InChI is InChI=1S/C21H17N5O4S/c1-12-7-9-15(10-8-12)18-22-19-21(24(18)13(2)27)31-20(23-25(19)14(3)28)16-5-4-6-17(11-16)26(29)30/h4-11H,1-3H3. The van der Waals surface area contributed by atoms with Crippen LogP contribution in [0.5, 0.6) is 0 Å². The molecule has 0 spiro atoms. The van der Waals surface area contributed by atoms with Crippen molar-refractivity contribution in [3.05, 3.63) is 69.8 Å². The Morgan fingerprint density at radius 2 is 1.74 bits per heavy atom. The van der Waals surface area contributed by atoms with Gasteiger partial charge in [0.1, 0.15) is 15.9 Å². The van der Waals surface area contributed by atoms with Crippen molar-refractivity contribution in [3.63, 3.8) is 0 Å². The van der Waals surface area contributed by atoms with Gasteiger partial charge in [0.25, 0.3) is 5.69 Å². The highest BCUT2D eigenvalue weighted by Gasteiger charge is 2.33. The average molecular weight is 435 g/mol. The lowest BCUT2D eigenvalue weighted by Gasteiger charge is -2.21. The van der Waals surface area contributed by atoms with E-state index < -0.39 is 10.8 Å². The van der Waals surface area contributed by atoms with Crippen LogP contribution >= 0.6 is 11.8 Å². The normalized spacial score (nSPS) is 12.9. The minimum absolute atomic E-state index is 0.0959. The quantitative estimate of drug-likeness (QED) is 0.449. The highest BCUT2D eigenvalue weighted by atomic mass is 32.2. The largest absolute Gasteiger partial charge is 0.274 e. The molecule has 10 heteroatoms. The van der Waals surface area contributed by atoms with Crippen LogP contribution in [0.4, 0.5) is 11.5 Å². The van der Waals surface area contributed by atoms with Gasteiger partial charge in [-0.25, -0.2) is 4.98 Å². The molecule has 156 valence electrons.